The number of aromatic nitrogens is 2. The van der Waals surface area contributed by atoms with Crippen molar-refractivity contribution >= 4 is 29.1 Å². The van der Waals surface area contributed by atoms with Gasteiger partial charge in [-0.3, -0.25) is 10.1 Å². The standard InChI is InChI=1S/C13H21N3O2S2/c1-13(11(17)18-2,15-10-5-6-10)7-3-4-8-19-12-16-14-9-20-12/h9-10,15H,3-8H2,1-2H3. The Balaban J connectivity index is 1.69. The lowest BCUT2D eigenvalue weighted by Crippen LogP contribution is -2.51. The number of rotatable bonds is 9. The third-order valence-corrected chi connectivity index (χ3v) is 5.32. The Morgan fingerprint density at radius 3 is 3.00 bits per heavy atom. The molecule has 1 unspecified atom stereocenters. The van der Waals surface area contributed by atoms with E-state index in [1.54, 1.807) is 28.6 Å². The molecule has 1 aliphatic carbocycles. The molecule has 20 heavy (non-hydrogen) atoms. The second-order valence-electron chi connectivity index (χ2n) is 5.25. The summed E-state index contributed by atoms with van der Waals surface area (Å²) in [6.07, 6.45) is 5.20. The van der Waals surface area contributed by atoms with Crippen molar-refractivity contribution in [3.05, 3.63) is 5.51 Å². The van der Waals surface area contributed by atoms with E-state index in [4.69, 9.17) is 4.74 Å². The van der Waals surface area contributed by atoms with Gasteiger partial charge in [-0.25, -0.2) is 0 Å². The smallest absolute Gasteiger partial charge is 0.325 e. The lowest BCUT2D eigenvalue weighted by atomic mass is 9.95. The van der Waals surface area contributed by atoms with Crippen LogP contribution in [0.2, 0.25) is 0 Å². The van der Waals surface area contributed by atoms with Gasteiger partial charge in [0.05, 0.1) is 7.11 Å². The van der Waals surface area contributed by atoms with Crippen LogP contribution in [0.5, 0.6) is 0 Å². The first-order valence-electron chi connectivity index (χ1n) is 6.89. The molecule has 1 fully saturated rings. The fourth-order valence-electron chi connectivity index (χ4n) is 2.10. The van der Waals surface area contributed by atoms with E-state index in [0.717, 1.165) is 29.4 Å². The van der Waals surface area contributed by atoms with Crippen molar-refractivity contribution in [2.45, 2.75) is 54.9 Å². The molecule has 2 rings (SSSR count). The van der Waals surface area contributed by atoms with Gasteiger partial charge in [0.1, 0.15) is 11.0 Å². The maximum atomic E-state index is 11.9. The number of nitrogens with zero attached hydrogens (tertiary/aromatic N) is 2. The van der Waals surface area contributed by atoms with Gasteiger partial charge in [-0.2, -0.15) is 0 Å². The molecule has 1 heterocycles. The summed E-state index contributed by atoms with van der Waals surface area (Å²) < 4.78 is 5.95. The number of esters is 1. The van der Waals surface area contributed by atoms with E-state index < -0.39 is 5.54 Å². The summed E-state index contributed by atoms with van der Waals surface area (Å²) in [6.45, 7) is 1.95. The Morgan fingerprint density at radius 1 is 1.60 bits per heavy atom. The first-order valence-corrected chi connectivity index (χ1v) is 8.75. The molecule has 1 N–H and O–H groups in total. The molecule has 0 bridgehead atoms. The second kappa shape index (κ2) is 7.38. The van der Waals surface area contributed by atoms with Crippen molar-refractivity contribution < 1.29 is 9.53 Å². The quantitative estimate of drug-likeness (QED) is 0.429. The SMILES string of the molecule is COC(=O)C(C)(CCCCSc1nncs1)NC1CC1. The van der Waals surface area contributed by atoms with Crippen LogP contribution in [0.15, 0.2) is 9.85 Å². The van der Waals surface area contributed by atoms with Gasteiger partial charge in [-0.1, -0.05) is 29.5 Å². The van der Waals surface area contributed by atoms with Crippen LogP contribution >= 0.6 is 23.1 Å². The van der Waals surface area contributed by atoms with Crippen LogP contribution in [0.25, 0.3) is 0 Å². The number of methoxy groups -OCH3 is 1. The highest BCUT2D eigenvalue weighted by atomic mass is 32.2. The summed E-state index contributed by atoms with van der Waals surface area (Å²) in [5, 5.41) is 11.2. The van der Waals surface area contributed by atoms with Gasteiger partial charge in [-0.05, 0) is 32.6 Å². The molecule has 7 heteroatoms. The van der Waals surface area contributed by atoms with E-state index in [2.05, 4.69) is 15.5 Å². The van der Waals surface area contributed by atoms with Crippen LogP contribution < -0.4 is 5.32 Å². The van der Waals surface area contributed by atoms with E-state index in [9.17, 15) is 4.79 Å². The topological polar surface area (TPSA) is 64.1 Å². The van der Waals surface area contributed by atoms with E-state index in [1.165, 1.54) is 20.0 Å². The summed E-state index contributed by atoms with van der Waals surface area (Å²) in [7, 11) is 1.46. The number of unbranched alkanes of at least 4 members (excludes halogenated alkanes) is 1. The minimum Gasteiger partial charge on any atom is -0.468 e. The number of hydrogen-bond donors (Lipinski definition) is 1. The summed E-state index contributed by atoms with van der Waals surface area (Å²) >= 11 is 3.29. The lowest BCUT2D eigenvalue weighted by molar-refractivity contribution is -0.148. The molecule has 5 nitrogen and oxygen atoms in total. The summed E-state index contributed by atoms with van der Waals surface area (Å²) in [4.78, 5) is 11.9. The lowest BCUT2D eigenvalue weighted by Gasteiger charge is -2.28. The largest absolute Gasteiger partial charge is 0.468 e. The van der Waals surface area contributed by atoms with Gasteiger partial charge >= 0.3 is 5.97 Å². The Hall–Kier alpha value is -0.660. The summed E-state index contributed by atoms with van der Waals surface area (Å²) in [5.41, 5.74) is 1.21. The molecule has 112 valence electrons. The van der Waals surface area contributed by atoms with Gasteiger partial charge in [0, 0.05) is 11.8 Å². The predicted octanol–water partition coefficient (Wildman–Crippen LogP) is 2.48. The van der Waals surface area contributed by atoms with E-state index >= 15 is 0 Å². The summed E-state index contributed by atoms with van der Waals surface area (Å²) in [6, 6.07) is 0.495. The Kier molecular flexibility index (Phi) is 5.80. The normalized spacial score (nSPS) is 17.7. The molecule has 0 amide bonds. The van der Waals surface area contributed by atoms with Crippen LogP contribution in [0.3, 0.4) is 0 Å². The number of nitrogens with one attached hydrogen (secondary N) is 1. The van der Waals surface area contributed by atoms with Crippen molar-refractivity contribution in [3.63, 3.8) is 0 Å². The van der Waals surface area contributed by atoms with Crippen molar-refractivity contribution in [2.24, 2.45) is 0 Å². The zero-order valence-corrected chi connectivity index (χ0v) is 13.6. The fourth-order valence-corrected chi connectivity index (χ4v) is 3.66. The number of thioether (sulfide) groups is 1. The third kappa shape index (κ3) is 4.71. The van der Waals surface area contributed by atoms with Crippen LogP contribution in [0.1, 0.15) is 39.0 Å². The Bertz CT molecular complexity index is 423. The number of carbonyl (C=O) groups is 1. The Labute approximate surface area is 127 Å². The van der Waals surface area contributed by atoms with Gasteiger partial charge in [0.2, 0.25) is 0 Å². The van der Waals surface area contributed by atoms with Crippen molar-refractivity contribution in [1.29, 1.82) is 0 Å². The molecular formula is C13H21N3O2S2. The average molecular weight is 315 g/mol. The number of carbonyl (C=O) groups excluding carboxylic acids is 1. The van der Waals surface area contributed by atoms with Gasteiger partial charge in [-0.15, -0.1) is 10.2 Å². The summed E-state index contributed by atoms with van der Waals surface area (Å²) in [5.74, 6) is 0.858. The van der Waals surface area contributed by atoms with Crippen LogP contribution in [-0.4, -0.2) is 40.6 Å². The van der Waals surface area contributed by atoms with Crippen LogP contribution in [0.4, 0.5) is 0 Å². The molecule has 1 saturated carbocycles. The third-order valence-electron chi connectivity index (χ3n) is 3.37. The minimum atomic E-state index is -0.538. The minimum absolute atomic E-state index is 0.152. The molecule has 1 atom stereocenters. The monoisotopic (exact) mass is 315 g/mol. The van der Waals surface area contributed by atoms with Gasteiger partial charge in [0.15, 0.2) is 4.34 Å². The van der Waals surface area contributed by atoms with Crippen molar-refractivity contribution in [1.82, 2.24) is 15.5 Å². The fraction of sp³-hybridized carbons (Fsp3) is 0.769. The first-order chi connectivity index (χ1) is 9.64. The zero-order chi connectivity index (χ0) is 14.4. The Morgan fingerprint density at radius 2 is 2.40 bits per heavy atom. The first kappa shape index (κ1) is 15.7. The van der Waals surface area contributed by atoms with Crippen LogP contribution in [-0.2, 0) is 9.53 Å². The van der Waals surface area contributed by atoms with Crippen molar-refractivity contribution in [3.8, 4) is 0 Å². The molecule has 0 aromatic carbocycles. The molecule has 0 radical (unpaired) electrons. The van der Waals surface area contributed by atoms with E-state index in [0.29, 0.717) is 6.04 Å². The molecule has 1 aliphatic rings. The van der Waals surface area contributed by atoms with E-state index in [1.807, 2.05) is 6.92 Å². The van der Waals surface area contributed by atoms with Crippen LogP contribution in [0, 0.1) is 0 Å². The molecule has 0 aliphatic heterocycles. The highest BCUT2D eigenvalue weighted by molar-refractivity contribution is 8.00. The molecular weight excluding hydrogens is 294 g/mol. The molecule has 0 saturated heterocycles. The van der Waals surface area contributed by atoms with Crippen molar-refractivity contribution in [2.75, 3.05) is 12.9 Å². The zero-order valence-electron chi connectivity index (χ0n) is 11.9. The molecule has 0 spiro atoms. The predicted molar refractivity (Wildman–Crippen MR) is 81.1 cm³/mol. The highest BCUT2D eigenvalue weighted by Gasteiger charge is 2.38. The second-order valence-corrected chi connectivity index (χ2v) is 7.43. The maximum Gasteiger partial charge on any atom is 0.325 e. The molecule has 1 aromatic rings. The molecule has 1 aromatic heterocycles. The number of ether oxygens (including phenoxy) is 1. The average Bonchev–Trinajstić information content (AvgIpc) is 3.09. The number of hydrogen-bond acceptors (Lipinski definition) is 7. The van der Waals surface area contributed by atoms with E-state index in [-0.39, 0.29) is 5.97 Å². The highest BCUT2D eigenvalue weighted by Crippen LogP contribution is 2.27. The maximum absolute atomic E-state index is 11.9. The van der Waals surface area contributed by atoms with Gasteiger partial charge in [0.25, 0.3) is 0 Å². The van der Waals surface area contributed by atoms with Gasteiger partial charge < -0.3 is 4.74 Å².